The topological polar surface area (TPSA) is 53.2 Å². The van der Waals surface area contributed by atoms with Gasteiger partial charge in [-0.05, 0) is 46.0 Å². The first-order valence-corrected chi connectivity index (χ1v) is 11.8. The van der Waals surface area contributed by atoms with E-state index in [1.165, 1.54) is 4.57 Å². The molecule has 0 spiro atoms. The summed E-state index contributed by atoms with van der Waals surface area (Å²) >= 11 is 0. The summed E-state index contributed by atoms with van der Waals surface area (Å²) in [6.07, 6.45) is 1.69. The highest BCUT2D eigenvalue weighted by Gasteiger charge is 2.15. The molecule has 4 aromatic carbocycles. The van der Waals surface area contributed by atoms with Crippen LogP contribution in [0.4, 0.5) is 0 Å². The molecule has 36 heavy (non-hydrogen) atoms. The lowest BCUT2D eigenvalue weighted by atomic mass is 10.00. The number of hydrogen-bond acceptors (Lipinski definition) is 3. The second kappa shape index (κ2) is 10.3. The molecule has 0 fully saturated rings. The lowest BCUT2D eigenvalue weighted by Gasteiger charge is -2.14. The van der Waals surface area contributed by atoms with Gasteiger partial charge in [0.2, 0.25) is 0 Å². The van der Waals surface area contributed by atoms with Crippen LogP contribution in [-0.2, 0) is 13.1 Å². The smallest absolute Gasteiger partial charge is 0.331 e. The van der Waals surface area contributed by atoms with Crippen molar-refractivity contribution in [2.24, 2.45) is 0 Å². The van der Waals surface area contributed by atoms with E-state index >= 15 is 0 Å². The van der Waals surface area contributed by atoms with Gasteiger partial charge in [0.25, 0.3) is 5.56 Å². The second-order valence-electron chi connectivity index (χ2n) is 8.63. The largest absolute Gasteiger partial charge is 0.497 e. The third-order valence-electron chi connectivity index (χ3n) is 6.21. The number of benzene rings is 4. The molecule has 0 bridgehead atoms. The van der Waals surface area contributed by atoms with Gasteiger partial charge in [-0.2, -0.15) is 0 Å². The fourth-order valence-electron chi connectivity index (χ4n) is 4.30. The van der Waals surface area contributed by atoms with E-state index in [1.807, 2.05) is 109 Å². The predicted octanol–water partition coefficient (Wildman–Crippen LogP) is 5.45. The fourth-order valence-corrected chi connectivity index (χ4v) is 4.30. The summed E-state index contributed by atoms with van der Waals surface area (Å²) in [5.41, 5.74) is 4.48. The van der Waals surface area contributed by atoms with Gasteiger partial charge in [0, 0.05) is 6.20 Å². The second-order valence-corrected chi connectivity index (χ2v) is 8.63. The van der Waals surface area contributed by atoms with Crippen LogP contribution in [0.3, 0.4) is 0 Å². The molecule has 0 aliphatic rings. The predicted molar refractivity (Wildman–Crippen MR) is 143 cm³/mol. The van der Waals surface area contributed by atoms with Crippen molar-refractivity contribution in [2.75, 3.05) is 7.11 Å². The minimum Gasteiger partial charge on any atom is -0.497 e. The first-order valence-electron chi connectivity index (χ1n) is 11.8. The van der Waals surface area contributed by atoms with Gasteiger partial charge < -0.3 is 4.74 Å². The third kappa shape index (κ3) is 4.91. The summed E-state index contributed by atoms with van der Waals surface area (Å²) in [6, 6.07) is 35.0. The summed E-state index contributed by atoms with van der Waals surface area (Å²) in [6.45, 7) is 0.583. The van der Waals surface area contributed by atoms with Crippen LogP contribution in [0.25, 0.3) is 22.3 Å². The summed E-state index contributed by atoms with van der Waals surface area (Å²) in [5, 5.41) is 0. The monoisotopic (exact) mass is 474 g/mol. The van der Waals surface area contributed by atoms with Gasteiger partial charge in [-0.25, -0.2) is 4.79 Å². The van der Waals surface area contributed by atoms with Crippen LogP contribution in [0.15, 0.2) is 125 Å². The Balaban J connectivity index is 1.63. The van der Waals surface area contributed by atoms with E-state index in [1.54, 1.807) is 17.9 Å². The van der Waals surface area contributed by atoms with Crippen molar-refractivity contribution in [1.82, 2.24) is 9.13 Å². The SMILES string of the molecule is COc1ccc(-c2cccc(-c3cn(Cc4ccccc4)c(=O)n(Cc4ccccc4)c3=O)c2)cc1. The van der Waals surface area contributed by atoms with Crippen LogP contribution in [-0.4, -0.2) is 16.2 Å². The number of nitrogens with zero attached hydrogens (tertiary/aromatic N) is 2. The van der Waals surface area contributed by atoms with E-state index in [2.05, 4.69) is 0 Å². The molecule has 5 aromatic rings. The minimum atomic E-state index is -0.331. The van der Waals surface area contributed by atoms with Crippen LogP contribution in [0.2, 0.25) is 0 Å². The summed E-state index contributed by atoms with van der Waals surface area (Å²) < 4.78 is 8.22. The maximum absolute atomic E-state index is 13.7. The quantitative estimate of drug-likeness (QED) is 0.315. The highest BCUT2D eigenvalue weighted by Crippen LogP contribution is 2.26. The maximum atomic E-state index is 13.7. The van der Waals surface area contributed by atoms with Crippen molar-refractivity contribution in [2.45, 2.75) is 13.1 Å². The molecule has 0 saturated heterocycles. The van der Waals surface area contributed by atoms with E-state index < -0.39 is 0 Å². The molecule has 0 atom stereocenters. The van der Waals surface area contributed by atoms with Gasteiger partial charge in [-0.15, -0.1) is 0 Å². The zero-order chi connectivity index (χ0) is 24.9. The Hall–Kier alpha value is -4.64. The average molecular weight is 475 g/mol. The van der Waals surface area contributed by atoms with Gasteiger partial charge in [0.1, 0.15) is 5.75 Å². The van der Waals surface area contributed by atoms with Crippen molar-refractivity contribution in [3.05, 3.63) is 147 Å². The molecule has 5 heteroatoms. The van der Waals surface area contributed by atoms with Gasteiger partial charge in [0.05, 0.1) is 25.8 Å². The molecule has 5 nitrogen and oxygen atoms in total. The van der Waals surface area contributed by atoms with E-state index in [9.17, 15) is 9.59 Å². The maximum Gasteiger partial charge on any atom is 0.331 e. The molecule has 1 aromatic heterocycles. The van der Waals surface area contributed by atoms with Crippen LogP contribution in [0.5, 0.6) is 5.75 Å². The highest BCUT2D eigenvalue weighted by molar-refractivity contribution is 5.72. The molecule has 0 aliphatic heterocycles. The van der Waals surface area contributed by atoms with Crippen LogP contribution in [0, 0.1) is 0 Å². The first-order chi connectivity index (χ1) is 17.6. The van der Waals surface area contributed by atoms with Crippen LogP contribution >= 0.6 is 0 Å². The molecule has 0 saturated carbocycles. The molecule has 0 radical (unpaired) electrons. The van der Waals surface area contributed by atoms with Crippen molar-refractivity contribution < 1.29 is 4.74 Å². The molecular weight excluding hydrogens is 448 g/mol. The number of methoxy groups -OCH3 is 1. The van der Waals surface area contributed by atoms with E-state index in [0.29, 0.717) is 12.1 Å². The lowest BCUT2D eigenvalue weighted by molar-refractivity contribution is 0.415. The van der Waals surface area contributed by atoms with Crippen molar-refractivity contribution >= 4 is 0 Å². The third-order valence-corrected chi connectivity index (χ3v) is 6.21. The van der Waals surface area contributed by atoms with Gasteiger partial charge >= 0.3 is 5.69 Å². The Kier molecular flexibility index (Phi) is 6.63. The number of aromatic nitrogens is 2. The molecule has 178 valence electrons. The van der Waals surface area contributed by atoms with Crippen LogP contribution < -0.4 is 16.0 Å². The average Bonchev–Trinajstić information content (AvgIpc) is 2.94. The van der Waals surface area contributed by atoms with Gasteiger partial charge in [-0.1, -0.05) is 91.0 Å². The summed E-state index contributed by atoms with van der Waals surface area (Å²) in [4.78, 5) is 27.1. The summed E-state index contributed by atoms with van der Waals surface area (Å²) in [5.74, 6) is 0.784. The van der Waals surface area contributed by atoms with Crippen LogP contribution in [0.1, 0.15) is 11.1 Å². The number of hydrogen-bond donors (Lipinski definition) is 0. The molecule has 0 N–H and O–H groups in total. The molecule has 0 aliphatic carbocycles. The molecular formula is C31H26N2O3. The Bertz CT molecular complexity index is 1590. The standard InChI is InChI=1S/C31H26N2O3/c1-36-28-17-15-25(16-18-28)26-13-8-14-27(19-26)29-22-32(20-23-9-4-2-5-10-23)31(35)33(30(29)34)21-24-11-6-3-7-12-24/h2-19,22H,20-21H2,1H3. The molecule has 5 rings (SSSR count). The van der Waals surface area contributed by atoms with Crippen molar-refractivity contribution in [3.63, 3.8) is 0 Å². The Morgan fingerprint density at radius 3 is 1.89 bits per heavy atom. The zero-order valence-corrected chi connectivity index (χ0v) is 20.0. The number of ether oxygens (including phenoxy) is 1. The normalized spacial score (nSPS) is 10.8. The van der Waals surface area contributed by atoms with E-state index in [0.717, 1.165) is 33.6 Å². The van der Waals surface area contributed by atoms with E-state index in [-0.39, 0.29) is 17.8 Å². The van der Waals surface area contributed by atoms with E-state index in [4.69, 9.17) is 4.74 Å². The number of rotatable bonds is 7. The van der Waals surface area contributed by atoms with Gasteiger partial charge in [-0.3, -0.25) is 13.9 Å². The molecule has 1 heterocycles. The Morgan fingerprint density at radius 2 is 1.25 bits per heavy atom. The first kappa shape index (κ1) is 23.1. The lowest BCUT2D eigenvalue weighted by Crippen LogP contribution is -2.40. The van der Waals surface area contributed by atoms with Crippen molar-refractivity contribution in [1.29, 1.82) is 0 Å². The van der Waals surface area contributed by atoms with Crippen molar-refractivity contribution in [3.8, 4) is 28.0 Å². The molecule has 0 unspecified atom stereocenters. The fraction of sp³-hybridized carbons (Fsp3) is 0.0968. The van der Waals surface area contributed by atoms with Gasteiger partial charge in [0.15, 0.2) is 0 Å². The Labute approximate surface area is 209 Å². The molecule has 0 amide bonds. The Morgan fingerprint density at radius 1 is 0.639 bits per heavy atom. The minimum absolute atomic E-state index is 0.208. The summed E-state index contributed by atoms with van der Waals surface area (Å²) in [7, 11) is 1.64. The highest BCUT2D eigenvalue weighted by atomic mass is 16.5. The zero-order valence-electron chi connectivity index (χ0n) is 20.0.